The number of anilines is 2. The first-order valence-corrected chi connectivity index (χ1v) is 11.4. The number of fused-ring (bicyclic) bond motifs is 2. The Hall–Kier alpha value is -2.64. The molecule has 0 spiro atoms. The van der Waals surface area contributed by atoms with Crippen LogP contribution in [0, 0.1) is 6.92 Å². The van der Waals surface area contributed by atoms with E-state index in [1.807, 2.05) is 31.3 Å². The molecule has 0 saturated carbocycles. The van der Waals surface area contributed by atoms with E-state index in [0.29, 0.717) is 24.5 Å². The van der Waals surface area contributed by atoms with Gasteiger partial charge in [0, 0.05) is 50.4 Å². The minimum absolute atomic E-state index is 0.0750. The van der Waals surface area contributed by atoms with Crippen molar-refractivity contribution in [2.24, 2.45) is 5.73 Å². The largest absolute Gasteiger partial charge is 0.373 e. The highest BCUT2D eigenvalue weighted by Crippen LogP contribution is 2.32. The maximum atomic E-state index is 12.7. The van der Waals surface area contributed by atoms with E-state index in [1.54, 1.807) is 12.1 Å². The van der Waals surface area contributed by atoms with E-state index in [2.05, 4.69) is 28.9 Å². The van der Waals surface area contributed by atoms with Crippen LogP contribution in [0.2, 0.25) is 0 Å². The maximum absolute atomic E-state index is 12.7. The molecule has 0 bridgehead atoms. The summed E-state index contributed by atoms with van der Waals surface area (Å²) in [6, 6.07) is 15.5. The van der Waals surface area contributed by atoms with Crippen molar-refractivity contribution in [1.82, 2.24) is 4.98 Å². The molecule has 152 valence electrons. The molecular formula is C22H26N4O2S. The van der Waals surface area contributed by atoms with Crippen LogP contribution in [0.4, 0.5) is 11.5 Å². The summed E-state index contributed by atoms with van der Waals surface area (Å²) in [7, 11) is -1.28. The number of pyridine rings is 1. The van der Waals surface area contributed by atoms with Gasteiger partial charge in [-0.2, -0.15) is 0 Å². The average Bonchev–Trinajstić information content (AvgIpc) is 2.83. The summed E-state index contributed by atoms with van der Waals surface area (Å²) in [5, 5.41) is 1.08. The molecule has 4 rings (SSSR count). The van der Waals surface area contributed by atoms with Crippen molar-refractivity contribution in [1.29, 1.82) is 0 Å². The van der Waals surface area contributed by atoms with E-state index in [1.165, 1.54) is 5.56 Å². The molecule has 2 N–H and O–H groups in total. The summed E-state index contributed by atoms with van der Waals surface area (Å²) in [5.41, 5.74) is 9.72. The number of likely N-dealkylation sites (N-methyl/N-ethyl adjacent to an activating group) is 1. The standard InChI is InChI=1S/C22H26N4O2S/c1-16-7-8-19-18(13-16)20(25(2)10-9-23)14-22(24-19)26-11-12-29(27,28)21-6-4-3-5-17(21)15-26/h3-8,13-14H,9-12,15,23H2,1-2H3. The van der Waals surface area contributed by atoms with Gasteiger partial charge in [0.15, 0.2) is 9.84 Å². The van der Waals surface area contributed by atoms with Crippen LogP contribution in [0.3, 0.4) is 0 Å². The summed E-state index contributed by atoms with van der Waals surface area (Å²) in [6.07, 6.45) is 0. The molecule has 2 heterocycles. The maximum Gasteiger partial charge on any atom is 0.180 e. The molecule has 6 nitrogen and oxygen atoms in total. The first-order chi connectivity index (χ1) is 13.9. The van der Waals surface area contributed by atoms with Crippen LogP contribution in [-0.2, 0) is 16.4 Å². The van der Waals surface area contributed by atoms with Gasteiger partial charge in [-0.05, 0) is 30.7 Å². The molecule has 1 aliphatic rings. The topological polar surface area (TPSA) is 79.5 Å². The van der Waals surface area contributed by atoms with Crippen molar-refractivity contribution < 1.29 is 8.42 Å². The molecule has 0 atom stereocenters. The number of benzene rings is 2. The lowest BCUT2D eigenvalue weighted by Crippen LogP contribution is -2.28. The van der Waals surface area contributed by atoms with Crippen LogP contribution in [0.1, 0.15) is 11.1 Å². The number of hydrogen-bond donors (Lipinski definition) is 1. The van der Waals surface area contributed by atoms with Gasteiger partial charge in [-0.1, -0.05) is 29.8 Å². The number of rotatable bonds is 4. The number of aromatic nitrogens is 1. The van der Waals surface area contributed by atoms with E-state index < -0.39 is 9.84 Å². The third-order valence-corrected chi connectivity index (χ3v) is 7.22. The Bertz CT molecular complexity index is 1160. The zero-order chi connectivity index (χ0) is 20.6. The van der Waals surface area contributed by atoms with Crippen molar-refractivity contribution in [3.05, 3.63) is 59.7 Å². The minimum atomic E-state index is -3.30. The summed E-state index contributed by atoms with van der Waals surface area (Å²) >= 11 is 0. The highest BCUT2D eigenvalue weighted by Gasteiger charge is 2.26. The van der Waals surface area contributed by atoms with Gasteiger partial charge in [0.2, 0.25) is 0 Å². The Labute approximate surface area is 171 Å². The van der Waals surface area contributed by atoms with Crippen molar-refractivity contribution in [2.45, 2.75) is 18.4 Å². The van der Waals surface area contributed by atoms with Gasteiger partial charge in [0.25, 0.3) is 0 Å². The Balaban J connectivity index is 1.83. The zero-order valence-electron chi connectivity index (χ0n) is 16.8. The minimum Gasteiger partial charge on any atom is -0.373 e. The highest BCUT2D eigenvalue weighted by atomic mass is 32.2. The quantitative estimate of drug-likeness (QED) is 0.712. The zero-order valence-corrected chi connectivity index (χ0v) is 17.6. The molecule has 0 radical (unpaired) electrons. The van der Waals surface area contributed by atoms with Gasteiger partial charge in [0.05, 0.1) is 16.2 Å². The van der Waals surface area contributed by atoms with E-state index in [0.717, 1.165) is 34.5 Å². The van der Waals surface area contributed by atoms with Gasteiger partial charge in [-0.15, -0.1) is 0 Å². The summed E-state index contributed by atoms with van der Waals surface area (Å²) < 4.78 is 25.4. The molecular weight excluding hydrogens is 384 g/mol. The predicted octanol–water partition coefficient (Wildman–Crippen LogP) is 2.73. The third kappa shape index (κ3) is 3.80. The molecule has 0 aliphatic carbocycles. The molecule has 0 amide bonds. The van der Waals surface area contributed by atoms with Crippen molar-refractivity contribution in [3.8, 4) is 0 Å². The lowest BCUT2D eigenvalue weighted by atomic mass is 10.1. The molecule has 7 heteroatoms. The fourth-order valence-electron chi connectivity index (χ4n) is 3.86. The van der Waals surface area contributed by atoms with Gasteiger partial charge < -0.3 is 15.5 Å². The second kappa shape index (κ2) is 7.65. The molecule has 29 heavy (non-hydrogen) atoms. The number of sulfone groups is 1. The molecule has 3 aromatic rings. The van der Waals surface area contributed by atoms with Crippen LogP contribution in [0.15, 0.2) is 53.4 Å². The predicted molar refractivity (Wildman–Crippen MR) is 118 cm³/mol. The second-order valence-electron chi connectivity index (χ2n) is 7.58. The SMILES string of the molecule is Cc1ccc2nc(N3CCS(=O)(=O)c4ccccc4C3)cc(N(C)CCN)c2c1. The van der Waals surface area contributed by atoms with Gasteiger partial charge >= 0.3 is 0 Å². The van der Waals surface area contributed by atoms with Crippen LogP contribution >= 0.6 is 0 Å². The van der Waals surface area contributed by atoms with Gasteiger partial charge in [-0.25, -0.2) is 13.4 Å². The van der Waals surface area contributed by atoms with E-state index >= 15 is 0 Å². The molecule has 1 aliphatic heterocycles. The van der Waals surface area contributed by atoms with E-state index in [-0.39, 0.29) is 5.75 Å². The lowest BCUT2D eigenvalue weighted by molar-refractivity contribution is 0.596. The van der Waals surface area contributed by atoms with Crippen molar-refractivity contribution in [2.75, 3.05) is 42.2 Å². The average molecular weight is 411 g/mol. The van der Waals surface area contributed by atoms with Crippen LogP contribution in [0.5, 0.6) is 0 Å². The van der Waals surface area contributed by atoms with Gasteiger partial charge in [0.1, 0.15) is 5.82 Å². The summed E-state index contributed by atoms with van der Waals surface area (Å²) in [6.45, 7) is 4.26. The molecule has 0 unspecified atom stereocenters. The van der Waals surface area contributed by atoms with Crippen LogP contribution in [0.25, 0.3) is 10.9 Å². The Morgan fingerprint density at radius 3 is 2.76 bits per heavy atom. The van der Waals surface area contributed by atoms with Crippen molar-refractivity contribution >= 4 is 32.2 Å². The Kier molecular flexibility index (Phi) is 5.19. The smallest absolute Gasteiger partial charge is 0.180 e. The summed E-state index contributed by atoms with van der Waals surface area (Å²) in [5.74, 6) is 0.859. The Morgan fingerprint density at radius 2 is 1.97 bits per heavy atom. The third-order valence-electron chi connectivity index (χ3n) is 5.43. The number of hydrogen-bond acceptors (Lipinski definition) is 6. The molecule has 0 saturated heterocycles. The van der Waals surface area contributed by atoms with E-state index in [4.69, 9.17) is 10.7 Å². The number of nitrogens with zero attached hydrogens (tertiary/aromatic N) is 3. The van der Waals surface area contributed by atoms with Crippen LogP contribution < -0.4 is 15.5 Å². The fraction of sp³-hybridized carbons (Fsp3) is 0.318. The molecule has 1 aromatic heterocycles. The first-order valence-electron chi connectivity index (χ1n) is 9.77. The number of nitrogens with two attached hydrogens (primary N) is 1. The van der Waals surface area contributed by atoms with E-state index in [9.17, 15) is 8.42 Å². The molecule has 0 fully saturated rings. The van der Waals surface area contributed by atoms with Crippen molar-refractivity contribution in [3.63, 3.8) is 0 Å². The monoisotopic (exact) mass is 410 g/mol. The normalized spacial score (nSPS) is 15.8. The molecule has 2 aromatic carbocycles. The van der Waals surface area contributed by atoms with Gasteiger partial charge in [-0.3, -0.25) is 0 Å². The lowest BCUT2D eigenvalue weighted by Gasteiger charge is -2.26. The number of aryl methyl sites for hydroxylation is 1. The first kappa shape index (κ1) is 19.7. The summed E-state index contributed by atoms with van der Waals surface area (Å²) in [4.78, 5) is 9.50. The van der Waals surface area contributed by atoms with Crippen LogP contribution in [-0.4, -0.2) is 45.8 Å². The fourth-order valence-corrected chi connectivity index (χ4v) is 5.36. The highest BCUT2D eigenvalue weighted by molar-refractivity contribution is 7.91. The second-order valence-corrected chi connectivity index (χ2v) is 9.66. The Morgan fingerprint density at radius 1 is 1.17 bits per heavy atom.